The second kappa shape index (κ2) is 13.2. The van der Waals surface area contributed by atoms with Gasteiger partial charge in [0.05, 0.1) is 39.5 Å². The van der Waals surface area contributed by atoms with Gasteiger partial charge < -0.3 is 25.6 Å². The number of hydrogen-bond acceptors (Lipinski definition) is 6. The molecule has 1 aromatic heterocycles. The molecule has 0 saturated heterocycles. The number of rotatable bonds is 10. The molecule has 1 amide bonds. The summed E-state index contributed by atoms with van der Waals surface area (Å²) in [5.41, 5.74) is 0.735. The Morgan fingerprint density at radius 3 is 2.64 bits per heavy atom. The van der Waals surface area contributed by atoms with E-state index in [0.717, 1.165) is 18.3 Å². The first-order valence-electron chi connectivity index (χ1n) is 11.8. The van der Waals surface area contributed by atoms with Crippen molar-refractivity contribution >= 4 is 38.7 Å². The van der Waals surface area contributed by atoms with Crippen LogP contribution >= 0.6 is 11.3 Å². The van der Waals surface area contributed by atoms with Crippen LogP contribution in [0, 0.1) is 24.2 Å². The average Bonchev–Trinajstić information content (AvgIpc) is 3.21. The fourth-order valence-electron chi connectivity index (χ4n) is 3.69. The maximum atomic E-state index is 14.5. The average molecular weight is 562 g/mol. The van der Waals surface area contributed by atoms with Crippen LogP contribution in [0.5, 0.6) is 5.75 Å². The molecule has 39 heavy (non-hydrogen) atoms. The molecule has 3 aromatic rings. The Labute approximate surface area is 228 Å². The number of likely N-dealkylation sites (N-methyl/N-ethyl adjacent to an activating group) is 1. The van der Waals surface area contributed by atoms with E-state index in [1.54, 1.807) is 12.1 Å². The van der Waals surface area contributed by atoms with Crippen LogP contribution in [0.4, 0.5) is 28.9 Å². The Morgan fingerprint density at radius 1 is 1.21 bits per heavy atom. The third kappa shape index (κ3) is 7.99. The van der Waals surface area contributed by atoms with Crippen molar-refractivity contribution in [3.05, 3.63) is 63.6 Å². The number of thiophene rings is 1. The largest absolute Gasteiger partial charge is 0.424 e. The van der Waals surface area contributed by atoms with Gasteiger partial charge in [0.2, 0.25) is 0 Å². The quantitative estimate of drug-likeness (QED) is 0.181. The summed E-state index contributed by atoms with van der Waals surface area (Å²) in [6, 6.07) is 7.42. The van der Waals surface area contributed by atoms with E-state index in [2.05, 4.69) is 32.6 Å². The van der Waals surface area contributed by atoms with Gasteiger partial charge in [-0.25, -0.2) is 11.0 Å². The van der Waals surface area contributed by atoms with Crippen LogP contribution in [0.25, 0.3) is 14.9 Å². The topological polar surface area (TPSA) is 70.0 Å². The van der Waals surface area contributed by atoms with Crippen LogP contribution in [-0.2, 0) is 6.42 Å². The molecule has 0 spiro atoms. The first-order chi connectivity index (χ1) is 18.5. The Morgan fingerprint density at radius 2 is 1.97 bits per heavy atom. The minimum atomic E-state index is -4.42. The first-order valence-corrected chi connectivity index (χ1v) is 12.6. The zero-order valence-electron chi connectivity index (χ0n) is 21.6. The van der Waals surface area contributed by atoms with Crippen LogP contribution in [0.15, 0.2) is 30.3 Å². The fraction of sp³-hybridized carbons (Fsp3) is 0.333. The summed E-state index contributed by atoms with van der Waals surface area (Å²) >= 11 is 1.18. The molecule has 1 heterocycles. The number of benzene rings is 2. The van der Waals surface area contributed by atoms with Crippen LogP contribution < -0.4 is 20.7 Å². The third-order valence-electron chi connectivity index (χ3n) is 5.46. The van der Waals surface area contributed by atoms with Gasteiger partial charge in [-0.05, 0) is 37.2 Å². The lowest BCUT2D eigenvalue weighted by Gasteiger charge is -2.12. The minimum absolute atomic E-state index is 0.0548. The maximum absolute atomic E-state index is 14.5. The number of alkyl halides is 3. The number of ether oxygens (including phenoxy) is 1. The lowest BCUT2D eigenvalue weighted by molar-refractivity contribution is -0.126. The Bertz CT molecular complexity index is 1430. The van der Waals surface area contributed by atoms with Gasteiger partial charge in [0.25, 0.3) is 5.91 Å². The van der Waals surface area contributed by atoms with Crippen molar-refractivity contribution in [2.24, 2.45) is 0 Å². The van der Waals surface area contributed by atoms with E-state index in [1.807, 2.05) is 25.1 Å². The number of carbonyl (C=O) groups excluding carboxylic acids is 1. The Hall–Kier alpha value is -4.00. The van der Waals surface area contributed by atoms with Gasteiger partial charge in [-0.1, -0.05) is 24.0 Å². The molecule has 7 nitrogen and oxygen atoms in total. The van der Waals surface area contributed by atoms with Crippen LogP contribution in [-0.4, -0.2) is 64.5 Å². The number of halogens is 4. The SMILES string of the molecule is [C-]#[N+]COc1cc(C(=O)NC)c(F)cc1NCC#Cc1sc2c(NCCN(C)C)cccc2c1CC(F)(F)F. The maximum Gasteiger partial charge on any atom is 0.393 e. The van der Waals surface area contributed by atoms with E-state index in [4.69, 9.17) is 11.3 Å². The number of nitrogens with zero attached hydrogens (tertiary/aromatic N) is 2. The second-order valence-corrected chi connectivity index (χ2v) is 9.63. The summed E-state index contributed by atoms with van der Waals surface area (Å²) in [6.07, 6.45) is -5.54. The van der Waals surface area contributed by atoms with Crippen molar-refractivity contribution in [2.45, 2.75) is 12.6 Å². The summed E-state index contributed by atoms with van der Waals surface area (Å²) in [5.74, 6) is 4.23. The predicted molar refractivity (Wildman–Crippen MR) is 146 cm³/mol. The molecule has 2 aromatic carbocycles. The van der Waals surface area contributed by atoms with Crippen LogP contribution in [0.3, 0.4) is 0 Å². The van der Waals surface area contributed by atoms with Gasteiger partial charge >= 0.3 is 12.9 Å². The molecule has 206 valence electrons. The van der Waals surface area contributed by atoms with Gasteiger partial charge in [0, 0.05) is 26.2 Å². The standard InChI is InChI=1S/C27H27F4N5O2S/c1-32-16-38-23-13-18(26(37)33-2)20(28)14-22(23)34-10-6-9-24-19(15-27(29,30)31)17-7-5-8-21(25(17)39-24)35-11-12-36(3)4/h5,7-8,13-14,34-35H,10-12,15-16H2,2-4H3,(H,33,37). The molecule has 0 bridgehead atoms. The highest BCUT2D eigenvalue weighted by Gasteiger charge is 2.31. The Balaban J connectivity index is 1.90. The molecule has 0 unspecified atom stereocenters. The number of carbonyl (C=O) groups is 1. The third-order valence-corrected chi connectivity index (χ3v) is 6.66. The van der Waals surface area contributed by atoms with Gasteiger partial charge in [0.15, 0.2) is 5.75 Å². The summed E-state index contributed by atoms with van der Waals surface area (Å²) in [4.78, 5) is 17.3. The normalized spacial score (nSPS) is 11.1. The number of nitrogens with one attached hydrogen (secondary N) is 3. The van der Waals surface area contributed by atoms with Crippen molar-refractivity contribution < 1.29 is 27.1 Å². The molecule has 3 N–H and O–H groups in total. The lowest BCUT2D eigenvalue weighted by Crippen LogP contribution is -2.20. The van der Waals surface area contributed by atoms with Crippen molar-refractivity contribution in [2.75, 3.05) is 58.1 Å². The van der Waals surface area contributed by atoms with Crippen molar-refractivity contribution in [1.82, 2.24) is 10.2 Å². The van der Waals surface area contributed by atoms with E-state index in [0.29, 0.717) is 16.6 Å². The highest BCUT2D eigenvalue weighted by molar-refractivity contribution is 7.20. The van der Waals surface area contributed by atoms with Crippen molar-refractivity contribution in [3.63, 3.8) is 0 Å². The smallest absolute Gasteiger partial charge is 0.393 e. The first kappa shape index (κ1) is 29.6. The highest BCUT2D eigenvalue weighted by Crippen LogP contribution is 2.39. The summed E-state index contributed by atoms with van der Waals surface area (Å²) in [6.45, 7) is 7.88. The lowest BCUT2D eigenvalue weighted by atomic mass is 10.1. The molecular formula is C27H27F4N5O2S. The zero-order chi connectivity index (χ0) is 28.6. The van der Waals surface area contributed by atoms with Gasteiger partial charge in [-0.15, -0.1) is 11.3 Å². The van der Waals surface area contributed by atoms with E-state index in [-0.39, 0.29) is 40.7 Å². The number of hydrogen-bond donors (Lipinski definition) is 3. The van der Waals surface area contributed by atoms with E-state index >= 15 is 0 Å². The molecule has 0 aliphatic rings. The molecule has 0 aliphatic heterocycles. The van der Waals surface area contributed by atoms with E-state index < -0.39 is 24.3 Å². The number of anilines is 2. The van der Waals surface area contributed by atoms with Crippen molar-refractivity contribution in [3.8, 4) is 17.6 Å². The molecule has 0 atom stereocenters. The number of amides is 1. The van der Waals surface area contributed by atoms with Gasteiger partial charge in [-0.2, -0.15) is 13.2 Å². The van der Waals surface area contributed by atoms with Crippen LogP contribution in [0.1, 0.15) is 20.8 Å². The van der Waals surface area contributed by atoms with Crippen molar-refractivity contribution in [1.29, 1.82) is 0 Å². The predicted octanol–water partition coefficient (Wildman–Crippen LogP) is 5.20. The monoisotopic (exact) mass is 561 g/mol. The molecule has 0 saturated carbocycles. The van der Waals surface area contributed by atoms with E-state index in [9.17, 15) is 22.4 Å². The summed E-state index contributed by atoms with van der Waals surface area (Å²) < 4.78 is 60.9. The molecule has 0 aliphatic carbocycles. The molecule has 0 radical (unpaired) electrons. The van der Waals surface area contributed by atoms with Gasteiger partial charge in [0.1, 0.15) is 5.82 Å². The Kier molecular flexibility index (Phi) is 9.99. The second-order valence-electron chi connectivity index (χ2n) is 8.61. The van der Waals surface area contributed by atoms with Gasteiger partial charge in [-0.3, -0.25) is 9.64 Å². The number of fused-ring (bicyclic) bond motifs is 1. The fourth-order valence-corrected chi connectivity index (χ4v) is 4.87. The molecule has 12 heteroatoms. The zero-order valence-corrected chi connectivity index (χ0v) is 22.4. The minimum Gasteiger partial charge on any atom is -0.424 e. The highest BCUT2D eigenvalue weighted by atomic mass is 32.1. The van der Waals surface area contributed by atoms with E-state index in [1.165, 1.54) is 24.5 Å². The molecule has 0 fully saturated rings. The summed E-state index contributed by atoms with van der Waals surface area (Å²) in [7, 11) is 5.22. The van der Waals surface area contributed by atoms with Crippen LogP contribution in [0.2, 0.25) is 0 Å². The molecular weight excluding hydrogens is 534 g/mol. The molecule has 3 rings (SSSR count). The summed E-state index contributed by atoms with van der Waals surface area (Å²) in [5, 5.41) is 8.96.